The Morgan fingerprint density at radius 1 is 1.09 bits per heavy atom. The third-order valence-corrected chi connectivity index (χ3v) is 5.31. The Labute approximate surface area is 199 Å². The van der Waals surface area contributed by atoms with Gasteiger partial charge >= 0.3 is 18.4 Å². The van der Waals surface area contributed by atoms with Gasteiger partial charge in [0, 0.05) is 22.8 Å². The Bertz CT molecular complexity index is 1330. The molecular formula is C22H14F4N4O4S. The lowest BCUT2D eigenvalue weighted by molar-refractivity contribution is -0.461. The van der Waals surface area contributed by atoms with Gasteiger partial charge in [-0.15, -0.1) is 20.5 Å². The molecule has 0 spiro atoms. The molecule has 0 radical (unpaired) electrons. The summed E-state index contributed by atoms with van der Waals surface area (Å²) in [6.07, 6.45) is -5.61. The first-order valence-corrected chi connectivity index (χ1v) is 10.9. The number of ether oxygens (including phenoxy) is 3. The molecule has 1 aliphatic rings. The Hall–Kier alpha value is -4.02. The van der Waals surface area contributed by atoms with Crippen LogP contribution in [0.3, 0.4) is 0 Å². The van der Waals surface area contributed by atoms with Gasteiger partial charge in [-0.25, -0.2) is 14.5 Å². The van der Waals surface area contributed by atoms with Gasteiger partial charge in [-0.05, 0) is 48.7 Å². The van der Waals surface area contributed by atoms with Crippen molar-refractivity contribution >= 4 is 29.2 Å². The predicted octanol–water partition coefficient (Wildman–Crippen LogP) is 6.12. The minimum atomic E-state index is -4.48. The highest BCUT2D eigenvalue weighted by molar-refractivity contribution is 7.98. The second-order valence-electron chi connectivity index (χ2n) is 6.93. The van der Waals surface area contributed by atoms with E-state index in [1.54, 1.807) is 30.5 Å². The highest BCUT2D eigenvalue weighted by Crippen LogP contribution is 2.47. The number of rotatable bonds is 5. The van der Waals surface area contributed by atoms with E-state index in [0.29, 0.717) is 22.1 Å². The lowest BCUT2D eigenvalue weighted by Gasteiger charge is -2.30. The van der Waals surface area contributed by atoms with Gasteiger partial charge in [0.25, 0.3) is 0 Å². The van der Waals surface area contributed by atoms with Crippen LogP contribution >= 0.6 is 11.8 Å². The van der Waals surface area contributed by atoms with Crippen LogP contribution in [-0.2, 0) is 10.8 Å². The van der Waals surface area contributed by atoms with E-state index < -0.39 is 29.7 Å². The molecule has 1 aromatic heterocycles. The Morgan fingerprint density at radius 2 is 1.86 bits per heavy atom. The number of nitrogens with one attached hydrogen (secondary N) is 2. The lowest BCUT2D eigenvalue weighted by atomic mass is 10.1. The third-order valence-electron chi connectivity index (χ3n) is 4.53. The largest absolute Gasteiger partial charge is 0.540 e. The summed E-state index contributed by atoms with van der Waals surface area (Å²) in [6, 6.07) is 11.8. The molecule has 3 aromatic rings. The van der Waals surface area contributed by atoms with Crippen LogP contribution in [0, 0.1) is 11.3 Å². The third kappa shape index (κ3) is 5.56. The van der Waals surface area contributed by atoms with Crippen LogP contribution in [-0.4, -0.2) is 23.6 Å². The highest BCUT2D eigenvalue weighted by Gasteiger charge is 2.54. The zero-order valence-electron chi connectivity index (χ0n) is 17.6. The molecule has 2 heterocycles. The van der Waals surface area contributed by atoms with Crippen molar-refractivity contribution < 1.29 is 36.6 Å². The maximum absolute atomic E-state index is 13.9. The second kappa shape index (κ2) is 9.32. The smallest absolute Gasteiger partial charge is 0.457 e. The number of carbonyl (C=O) groups excluding carboxylic acids is 1. The van der Waals surface area contributed by atoms with Crippen molar-refractivity contribution in [2.45, 2.75) is 17.3 Å². The van der Waals surface area contributed by atoms with E-state index in [2.05, 4.69) is 25.1 Å². The summed E-state index contributed by atoms with van der Waals surface area (Å²) in [6.45, 7) is 0. The van der Waals surface area contributed by atoms with Crippen LogP contribution in [0.2, 0.25) is 0 Å². The first kappa shape index (κ1) is 24.1. The topological polar surface area (TPSA) is 106 Å². The van der Waals surface area contributed by atoms with E-state index in [4.69, 9.17) is 10.00 Å². The van der Waals surface area contributed by atoms with Crippen LogP contribution in [0.5, 0.6) is 17.2 Å². The number of alkyl halides is 4. The number of urea groups is 1. The number of anilines is 2. The Kier molecular flexibility index (Phi) is 6.42. The average Bonchev–Trinajstić information content (AvgIpc) is 2.79. The van der Waals surface area contributed by atoms with Crippen molar-refractivity contribution in [1.82, 2.24) is 4.98 Å². The van der Waals surface area contributed by atoms with Crippen molar-refractivity contribution in [2.75, 3.05) is 16.9 Å². The summed E-state index contributed by atoms with van der Waals surface area (Å²) in [5.41, 5.74) is -0.475. The number of nitrogens with zero attached hydrogens (tertiary/aromatic N) is 2. The van der Waals surface area contributed by atoms with Gasteiger partial charge in [-0.2, -0.15) is 14.0 Å². The lowest BCUT2D eigenvalue weighted by Crippen LogP contribution is -2.41. The maximum Gasteiger partial charge on any atom is 0.540 e. The molecular weight excluding hydrogens is 492 g/mol. The van der Waals surface area contributed by atoms with Crippen LogP contribution in [0.15, 0.2) is 59.6 Å². The number of thioether (sulfide) groups is 1. The molecule has 1 aliphatic heterocycles. The van der Waals surface area contributed by atoms with E-state index >= 15 is 0 Å². The molecule has 2 aromatic carbocycles. The van der Waals surface area contributed by atoms with Crippen molar-refractivity contribution in [1.29, 1.82) is 5.26 Å². The number of aromatic nitrogens is 1. The number of hydrogen-bond acceptors (Lipinski definition) is 7. The number of nitriles is 1. The average molecular weight is 506 g/mol. The van der Waals surface area contributed by atoms with Gasteiger partial charge < -0.3 is 20.1 Å². The quantitative estimate of drug-likeness (QED) is 0.317. The first-order valence-electron chi connectivity index (χ1n) is 9.68. The number of amides is 2. The summed E-state index contributed by atoms with van der Waals surface area (Å²) >= 11 is 1.30. The van der Waals surface area contributed by atoms with Gasteiger partial charge in [0.1, 0.15) is 29.0 Å². The molecule has 0 unspecified atom stereocenters. The molecule has 0 bridgehead atoms. The second-order valence-corrected chi connectivity index (χ2v) is 7.78. The Morgan fingerprint density at radius 3 is 2.60 bits per heavy atom. The number of fused-ring (bicyclic) bond motifs is 1. The van der Waals surface area contributed by atoms with Crippen LogP contribution in [0.4, 0.5) is 33.7 Å². The van der Waals surface area contributed by atoms with Crippen molar-refractivity contribution in [2.24, 2.45) is 0 Å². The number of halogens is 4. The summed E-state index contributed by atoms with van der Waals surface area (Å²) in [5.74, 6) is 0.0645. The van der Waals surface area contributed by atoms with Crippen LogP contribution < -0.4 is 20.1 Å². The first-order chi connectivity index (χ1) is 16.6. The molecule has 0 aliphatic carbocycles. The van der Waals surface area contributed by atoms with Crippen molar-refractivity contribution in [3.8, 4) is 23.3 Å². The minimum Gasteiger partial charge on any atom is -0.457 e. The number of hydrogen-bond donors (Lipinski definition) is 2. The van der Waals surface area contributed by atoms with E-state index in [1.807, 2.05) is 6.07 Å². The van der Waals surface area contributed by atoms with Crippen molar-refractivity contribution in [3.63, 3.8) is 0 Å². The molecule has 4 rings (SSSR count). The fraction of sp³-hybridized carbons (Fsp3) is 0.136. The molecule has 13 heteroatoms. The van der Waals surface area contributed by atoms with Crippen LogP contribution in [0.25, 0.3) is 0 Å². The van der Waals surface area contributed by atoms with E-state index in [9.17, 15) is 22.4 Å². The number of pyridine rings is 1. The molecule has 180 valence electrons. The minimum absolute atomic E-state index is 0.102. The fourth-order valence-corrected chi connectivity index (χ4v) is 3.65. The normalized spacial score (nSPS) is 15.2. The van der Waals surface area contributed by atoms with Crippen LogP contribution in [0.1, 0.15) is 11.3 Å². The molecule has 8 nitrogen and oxygen atoms in total. The van der Waals surface area contributed by atoms with Gasteiger partial charge in [0.2, 0.25) is 0 Å². The summed E-state index contributed by atoms with van der Waals surface area (Å²) in [5, 5.41) is 13.9. The highest BCUT2D eigenvalue weighted by atomic mass is 32.2. The monoisotopic (exact) mass is 506 g/mol. The van der Waals surface area contributed by atoms with E-state index in [0.717, 1.165) is 18.2 Å². The number of benzene rings is 2. The molecule has 0 fully saturated rings. The molecule has 35 heavy (non-hydrogen) atoms. The molecule has 0 saturated carbocycles. The summed E-state index contributed by atoms with van der Waals surface area (Å²) in [4.78, 5) is 16.9. The number of carbonyl (C=O) groups is 1. The fourth-order valence-electron chi connectivity index (χ4n) is 3.07. The predicted molar refractivity (Wildman–Crippen MR) is 117 cm³/mol. The molecule has 0 atom stereocenters. The summed E-state index contributed by atoms with van der Waals surface area (Å²) < 4.78 is 67.4. The van der Waals surface area contributed by atoms with Gasteiger partial charge in [0.15, 0.2) is 0 Å². The Balaban J connectivity index is 1.47. The zero-order chi connectivity index (χ0) is 25.2. The standard InChI is InChI=1S/C22H14F4N4O4S/c1-35-19-10-14(32-15-6-7-28-13(8-15)11-27)3-4-17(19)30-20(31)29-12-2-5-18-16(9-12)21(23,24)34-22(25,26)33-18/h2-10H,1H3,(H2,29,30,31). The van der Waals surface area contributed by atoms with Gasteiger partial charge in [-0.1, -0.05) is 0 Å². The van der Waals surface area contributed by atoms with Gasteiger partial charge in [-0.3, -0.25) is 0 Å². The molecule has 0 saturated heterocycles. The van der Waals surface area contributed by atoms with E-state index in [1.165, 1.54) is 24.0 Å². The zero-order valence-corrected chi connectivity index (χ0v) is 18.5. The van der Waals surface area contributed by atoms with E-state index in [-0.39, 0.29) is 11.4 Å². The molecule has 2 amide bonds. The van der Waals surface area contributed by atoms with Gasteiger partial charge in [0.05, 0.1) is 11.3 Å². The maximum atomic E-state index is 13.9. The SMILES string of the molecule is CSc1cc(Oc2ccnc(C#N)c2)ccc1NC(=O)Nc1ccc2c(c1)C(F)(F)OC(F)(F)O2. The van der Waals surface area contributed by atoms with Crippen molar-refractivity contribution in [3.05, 3.63) is 66.0 Å². The molecule has 2 N–H and O–H groups in total. The summed E-state index contributed by atoms with van der Waals surface area (Å²) in [7, 11) is 0.